The average molecular weight is 344 g/mol. The third-order valence-electron chi connectivity index (χ3n) is 4.41. The fourth-order valence-electron chi connectivity index (χ4n) is 3.23. The van der Waals surface area contributed by atoms with Gasteiger partial charge in [0.15, 0.2) is 6.17 Å². The maximum absolute atomic E-state index is 12.8. The summed E-state index contributed by atoms with van der Waals surface area (Å²) in [6.07, 6.45) is -1.29. The molecule has 4 rings (SSSR count). The molecular weight excluding hydrogens is 332 g/mol. The highest BCUT2D eigenvalue weighted by Gasteiger charge is 2.48. The van der Waals surface area contributed by atoms with Gasteiger partial charge in [0.25, 0.3) is 23.6 Å². The van der Waals surface area contributed by atoms with Gasteiger partial charge in [0, 0.05) is 0 Å². The first-order valence-electron chi connectivity index (χ1n) is 7.92. The fraction of sp³-hybridized carbons (Fsp3) is 0.100. The standard InChI is InChI=1S/C20H12N2O4/c1-2-7-16(21-17(23)12-8-3-4-9-13(12)18(21)24)22-19(25)14-10-5-6-11-15(14)20(22)26/h3-6,8-11,16H,1H3. The lowest BCUT2D eigenvalue weighted by molar-refractivity contribution is 0.0382. The molecule has 0 aromatic heterocycles. The van der Waals surface area contributed by atoms with Crippen LogP contribution in [0, 0.1) is 11.8 Å². The van der Waals surface area contributed by atoms with Gasteiger partial charge in [-0.15, -0.1) is 5.92 Å². The van der Waals surface area contributed by atoms with E-state index in [1.165, 1.54) is 31.2 Å². The molecule has 26 heavy (non-hydrogen) atoms. The molecule has 2 aliphatic rings. The predicted octanol–water partition coefficient (Wildman–Crippen LogP) is 1.93. The van der Waals surface area contributed by atoms with Gasteiger partial charge in [-0.1, -0.05) is 30.2 Å². The summed E-state index contributed by atoms with van der Waals surface area (Å²) < 4.78 is 0. The fourth-order valence-corrected chi connectivity index (χ4v) is 3.23. The number of rotatable bonds is 2. The van der Waals surface area contributed by atoms with E-state index in [1.807, 2.05) is 0 Å². The van der Waals surface area contributed by atoms with Crippen molar-refractivity contribution in [2.75, 3.05) is 0 Å². The quantitative estimate of drug-likeness (QED) is 0.616. The summed E-state index contributed by atoms with van der Waals surface area (Å²) in [5.41, 5.74) is 0.933. The van der Waals surface area contributed by atoms with E-state index < -0.39 is 29.8 Å². The van der Waals surface area contributed by atoms with Crippen molar-refractivity contribution in [2.45, 2.75) is 13.1 Å². The van der Waals surface area contributed by atoms with Gasteiger partial charge in [0.1, 0.15) is 0 Å². The van der Waals surface area contributed by atoms with Gasteiger partial charge in [-0.25, -0.2) is 9.80 Å². The summed E-state index contributed by atoms with van der Waals surface area (Å²) in [6, 6.07) is 12.7. The molecule has 126 valence electrons. The van der Waals surface area contributed by atoms with Crippen molar-refractivity contribution in [3.63, 3.8) is 0 Å². The molecule has 2 aromatic carbocycles. The highest BCUT2D eigenvalue weighted by molar-refractivity contribution is 6.24. The maximum Gasteiger partial charge on any atom is 0.264 e. The summed E-state index contributed by atoms with van der Waals surface area (Å²) in [6.45, 7) is 1.52. The van der Waals surface area contributed by atoms with E-state index >= 15 is 0 Å². The number of hydrogen-bond acceptors (Lipinski definition) is 4. The lowest BCUT2D eigenvalue weighted by Crippen LogP contribution is -2.52. The van der Waals surface area contributed by atoms with E-state index in [0.717, 1.165) is 9.80 Å². The smallest absolute Gasteiger partial charge is 0.264 e. The minimum Gasteiger partial charge on any atom is -0.268 e. The monoisotopic (exact) mass is 344 g/mol. The molecule has 0 saturated carbocycles. The zero-order chi connectivity index (χ0) is 18.4. The molecular formula is C20H12N2O4. The lowest BCUT2D eigenvalue weighted by Gasteiger charge is -2.28. The Morgan fingerprint density at radius 1 is 0.654 bits per heavy atom. The van der Waals surface area contributed by atoms with E-state index in [4.69, 9.17) is 0 Å². The van der Waals surface area contributed by atoms with Crippen molar-refractivity contribution in [3.05, 3.63) is 70.8 Å². The van der Waals surface area contributed by atoms with Crippen LogP contribution in [0.15, 0.2) is 48.5 Å². The van der Waals surface area contributed by atoms with Gasteiger partial charge >= 0.3 is 0 Å². The molecule has 0 spiro atoms. The highest BCUT2D eigenvalue weighted by Crippen LogP contribution is 2.30. The molecule has 0 atom stereocenters. The number of nitrogens with zero attached hydrogens (tertiary/aromatic N) is 2. The molecule has 6 nitrogen and oxygen atoms in total. The average Bonchev–Trinajstić information content (AvgIpc) is 3.06. The molecule has 6 heteroatoms. The van der Waals surface area contributed by atoms with Gasteiger partial charge in [0.2, 0.25) is 0 Å². The molecule has 0 saturated heterocycles. The molecule has 2 aliphatic heterocycles. The predicted molar refractivity (Wildman–Crippen MR) is 91.1 cm³/mol. The van der Waals surface area contributed by atoms with Crippen LogP contribution in [0.25, 0.3) is 0 Å². The first kappa shape index (κ1) is 15.8. The largest absolute Gasteiger partial charge is 0.268 e. The molecule has 2 aromatic rings. The molecule has 0 aliphatic carbocycles. The van der Waals surface area contributed by atoms with Crippen LogP contribution in [-0.2, 0) is 0 Å². The normalized spacial score (nSPS) is 15.3. The van der Waals surface area contributed by atoms with Crippen molar-refractivity contribution in [1.29, 1.82) is 0 Å². The summed E-state index contributed by atoms with van der Waals surface area (Å²) >= 11 is 0. The van der Waals surface area contributed by atoms with Crippen LogP contribution in [0.4, 0.5) is 0 Å². The van der Waals surface area contributed by atoms with Gasteiger partial charge < -0.3 is 0 Å². The van der Waals surface area contributed by atoms with E-state index in [0.29, 0.717) is 0 Å². The first-order valence-corrected chi connectivity index (χ1v) is 7.92. The van der Waals surface area contributed by atoms with Crippen molar-refractivity contribution in [1.82, 2.24) is 9.80 Å². The first-order chi connectivity index (χ1) is 12.6. The van der Waals surface area contributed by atoms with Crippen molar-refractivity contribution < 1.29 is 19.2 Å². The Balaban J connectivity index is 1.81. The lowest BCUT2D eigenvalue weighted by atomic mass is 10.1. The SMILES string of the molecule is CC#CC(N1C(=O)c2ccccc2C1=O)N1C(=O)c2ccccc2C1=O. The van der Waals surface area contributed by atoms with E-state index in [2.05, 4.69) is 11.8 Å². The van der Waals surface area contributed by atoms with Gasteiger partial charge in [-0.05, 0) is 31.2 Å². The van der Waals surface area contributed by atoms with Crippen LogP contribution in [0.5, 0.6) is 0 Å². The molecule has 0 N–H and O–H groups in total. The van der Waals surface area contributed by atoms with Crippen molar-refractivity contribution in [2.24, 2.45) is 0 Å². The minimum absolute atomic E-state index is 0.233. The van der Waals surface area contributed by atoms with E-state index in [9.17, 15) is 19.2 Å². The molecule has 4 amide bonds. The van der Waals surface area contributed by atoms with Gasteiger partial charge in [-0.2, -0.15) is 0 Å². The van der Waals surface area contributed by atoms with Crippen LogP contribution in [0.2, 0.25) is 0 Å². The number of imide groups is 2. The summed E-state index contributed by atoms with van der Waals surface area (Å²) in [7, 11) is 0. The Bertz CT molecular complexity index is 915. The number of carbonyl (C=O) groups is 4. The van der Waals surface area contributed by atoms with Crippen LogP contribution >= 0.6 is 0 Å². The second-order valence-corrected chi connectivity index (χ2v) is 5.82. The Morgan fingerprint density at radius 3 is 1.23 bits per heavy atom. The van der Waals surface area contributed by atoms with E-state index in [-0.39, 0.29) is 22.3 Å². The number of benzene rings is 2. The Kier molecular flexibility index (Phi) is 3.44. The van der Waals surface area contributed by atoms with Gasteiger partial charge in [-0.3, -0.25) is 19.2 Å². The van der Waals surface area contributed by atoms with Crippen LogP contribution in [0.3, 0.4) is 0 Å². The van der Waals surface area contributed by atoms with Crippen LogP contribution < -0.4 is 0 Å². The second kappa shape index (κ2) is 5.67. The van der Waals surface area contributed by atoms with E-state index in [1.54, 1.807) is 24.3 Å². The number of fused-ring (bicyclic) bond motifs is 2. The maximum atomic E-state index is 12.8. The van der Waals surface area contributed by atoms with Crippen LogP contribution in [-0.4, -0.2) is 39.6 Å². The van der Waals surface area contributed by atoms with Crippen molar-refractivity contribution in [3.8, 4) is 11.8 Å². The zero-order valence-corrected chi connectivity index (χ0v) is 13.7. The second-order valence-electron chi connectivity index (χ2n) is 5.82. The topological polar surface area (TPSA) is 74.8 Å². The molecule has 0 fully saturated rings. The summed E-state index contributed by atoms with van der Waals surface area (Å²) in [5, 5.41) is 0. The Hall–Kier alpha value is -3.72. The zero-order valence-electron chi connectivity index (χ0n) is 13.7. The Labute approximate surface area is 149 Å². The molecule has 0 bridgehead atoms. The van der Waals surface area contributed by atoms with Crippen LogP contribution in [0.1, 0.15) is 48.4 Å². The third-order valence-corrected chi connectivity index (χ3v) is 4.41. The number of carbonyl (C=O) groups excluding carboxylic acids is 4. The molecule has 0 radical (unpaired) electrons. The highest BCUT2D eigenvalue weighted by atomic mass is 16.2. The summed E-state index contributed by atoms with van der Waals surface area (Å²) in [5.74, 6) is 2.99. The summed E-state index contributed by atoms with van der Waals surface area (Å²) in [4.78, 5) is 52.8. The van der Waals surface area contributed by atoms with Gasteiger partial charge in [0.05, 0.1) is 22.3 Å². The third kappa shape index (κ3) is 2.01. The molecule has 2 heterocycles. The minimum atomic E-state index is -1.29. The molecule has 0 unspecified atom stereocenters. The number of hydrogen-bond donors (Lipinski definition) is 0. The number of amides is 4. The van der Waals surface area contributed by atoms with Crippen molar-refractivity contribution >= 4 is 23.6 Å². The Morgan fingerprint density at radius 2 is 0.962 bits per heavy atom.